The van der Waals surface area contributed by atoms with Gasteiger partial charge in [-0.15, -0.1) is 0 Å². The van der Waals surface area contributed by atoms with E-state index in [9.17, 15) is 9.90 Å². The van der Waals surface area contributed by atoms with Gasteiger partial charge in [-0.3, -0.25) is 4.79 Å². The molecule has 0 spiro atoms. The fourth-order valence-corrected chi connectivity index (χ4v) is 3.00. The van der Waals surface area contributed by atoms with E-state index in [0.29, 0.717) is 11.6 Å². The number of amides is 1. The molecule has 1 amide bonds. The number of hydrogen-bond acceptors (Lipinski definition) is 4. The first-order chi connectivity index (χ1) is 11.0. The van der Waals surface area contributed by atoms with Crippen molar-refractivity contribution in [1.29, 1.82) is 0 Å². The molecule has 0 aromatic heterocycles. The Bertz CT molecular complexity index is 500. The predicted molar refractivity (Wildman–Crippen MR) is 89.2 cm³/mol. The summed E-state index contributed by atoms with van der Waals surface area (Å²) in [5.74, 6) is 0.122. The van der Waals surface area contributed by atoms with Gasteiger partial charge in [-0.25, -0.2) is 0 Å². The molecule has 3 N–H and O–H groups in total. The van der Waals surface area contributed by atoms with Crippen LogP contribution in [0.1, 0.15) is 38.7 Å². The molecule has 1 aliphatic heterocycles. The number of aliphatic hydroxyl groups is 2. The summed E-state index contributed by atoms with van der Waals surface area (Å²) < 4.78 is 5.99. The van der Waals surface area contributed by atoms with Crippen LogP contribution in [-0.2, 0) is 16.0 Å². The SMILES string of the molecule is C[C@H](O)C(=O)Nc1ccc(CC[C@H]2O[C@@H](CCO)C[C@H]2C)cc1. The lowest BCUT2D eigenvalue weighted by Crippen LogP contribution is -2.24. The van der Waals surface area contributed by atoms with E-state index in [1.165, 1.54) is 12.5 Å². The number of hydrogen-bond donors (Lipinski definition) is 3. The van der Waals surface area contributed by atoms with E-state index in [2.05, 4.69) is 12.2 Å². The molecular weight excluding hydrogens is 294 g/mol. The number of aliphatic hydroxyl groups excluding tert-OH is 2. The van der Waals surface area contributed by atoms with Gasteiger partial charge in [-0.1, -0.05) is 19.1 Å². The molecule has 1 aromatic rings. The summed E-state index contributed by atoms with van der Waals surface area (Å²) in [4.78, 5) is 11.4. The highest BCUT2D eigenvalue weighted by Crippen LogP contribution is 2.30. The zero-order valence-corrected chi connectivity index (χ0v) is 13.9. The number of ether oxygens (including phenoxy) is 1. The lowest BCUT2D eigenvalue weighted by Gasteiger charge is -2.15. The molecule has 23 heavy (non-hydrogen) atoms. The first-order valence-electron chi connectivity index (χ1n) is 8.33. The van der Waals surface area contributed by atoms with Crippen molar-refractivity contribution in [2.24, 2.45) is 5.92 Å². The summed E-state index contributed by atoms with van der Waals surface area (Å²) in [7, 11) is 0. The minimum atomic E-state index is -1.01. The molecule has 0 unspecified atom stereocenters. The summed E-state index contributed by atoms with van der Waals surface area (Å²) >= 11 is 0. The van der Waals surface area contributed by atoms with Crippen molar-refractivity contribution in [3.05, 3.63) is 29.8 Å². The first kappa shape index (κ1) is 17.9. The fourth-order valence-electron chi connectivity index (χ4n) is 3.00. The molecule has 0 bridgehead atoms. The van der Waals surface area contributed by atoms with Crippen LogP contribution >= 0.6 is 0 Å². The Labute approximate surface area is 137 Å². The highest BCUT2D eigenvalue weighted by molar-refractivity contribution is 5.93. The second kappa shape index (κ2) is 8.43. The number of carbonyl (C=O) groups excluding carboxylic acids is 1. The number of aryl methyl sites for hydroxylation is 1. The van der Waals surface area contributed by atoms with Crippen molar-refractivity contribution in [2.75, 3.05) is 11.9 Å². The topological polar surface area (TPSA) is 78.8 Å². The van der Waals surface area contributed by atoms with Crippen LogP contribution in [0.2, 0.25) is 0 Å². The first-order valence-corrected chi connectivity index (χ1v) is 8.33. The van der Waals surface area contributed by atoms with Crippen molar-refractivity contribution in [1.82, 2.24) is 0 Å². The molecule has 0 radical (unpaired) electrons. The maximum atomic E-state index is 11.4. The van der Waals surface area contributed by atoms with Gasteiger partial charge in [-0.2, -0.15) is 0 Å². The van der Waals surface area contributed by atoms with E-state index < -0.39 is 12.0 Å². The number of benzene rings is 1. The molecule has 5 heteroatoms. The van der Waals surface area contributed by atoms with Crippen LogP contribution in [0.5, 0.6) is 0 Å². The predicted octanol–water partition coefficient (Wildman–Crippen LogP) is 2.11. The Morgan fingerprint density at radius 1 is 1.35 bits per heavy atom. The summed E-state index contributed by atoms with van der Waals surface area (Å²) in [5.41, 5.74) is 1.88. The van der Waals surface area contributed by atoms with E-state index >= 15 is 0 Å². The highest BCUT2D eigenvalue weighted by atomic mass is 16.5. The average Bonchev–Trinajstić information content (AvgIpc) is 2.86. The minimum Gasteiger partial charge on any atom is -0.396 e. The third kappa shape index (κ3) is 5.30. The largest absolute Gasteiger partial charge is 0.396 e. The summed E-state index contributed by atoms with van der Waals surface area (Å²) in [6.45, 7) is 3.83. The number of anilines is 1. The molecule has 0 saturated carbocycles. The zero-order chi connectivity index (χ0) is 16.8. The Hall–Kier alpha value is -1.43. The van der Waals surface area contributed by atoms with Crippen molar-refractivity contribution in [2.45, 2.75) is 57.8 Å². The number of rotatable bonds is 7. The van der Waals surface area contributed by atoms with Gasteiger partial charge in [0.2, 0.25) is 0 Å². The molecule has 2 rings (SSSR count). The molecule has 1 aliphatic rings. The van der Waals surface area contributed by atoms with E-state index in [-0.39, 0.29) is 18.8 Å². The van der Waals surface area contributed by atoms with Gasteiger partial charge >= 0.3 is 0 Å². The molecule has 0 aliphatic carbocycles. The van der Waals surface area contributed by atoms with Crippen LogP contribution in [-0.4, -0.2) is 41.0 Å². The van der Waals surface area contributed by atoms with E-state index in [4.69, 9.17) is 9.84 Å². The zero-order valence-electron chi connectivity index (χ0n) is 13.9. The molecule has 128 valence electrons. The lowest BCUT2D eigenvalue weighted by molar-refractivity contribution is -0.123. The molecule has 4 atom stereocenters. The van der Waals surface area contributed by atoms with Gasteiger partial charge in [0.25, 0.3) is 5.91 Å². The smallest absolute Gasteiger partial charge is 0.252 e. The molecule has 1 aromatic carbocycles. The van der Waals surface area contributed by atoms with Gasteiger partial charge in [0.1, 0.15) is 6.10 Å². The maximum absolute atomic E-state index is 11.4. The molecular formula is C18H27NO4. The molecule has 1 saturated heterocycles. The Morgan fingerprint density at radius 2 is 2.04 bits per heavy atom. The third-order valence-corrected chi connectivity index (χ3v) is 4.41. The van der Waals surface area contributed by atoms with Crippen LogP contribution in [0.4, 0.5) is 5.69 Å². The van der Waals surface area contributed by atoms with Crippen molar-refractivity contribution >= 4 is 11.6 Å². The van der Waals surface area contributed by atoms with E-state index in [0.717, 1.165) is 25.7 Å². The van der Waals surface area contributed by atoms with E-state index in [1.807, 2.05) is 24.3 Å². The summed E-state index contributed by atoms with van der Waals surface area (Å²) in [6, 6.07) is 7.68. The maximum Gasteiger partial charge on any atom is 0.252 e. The van der Waals surface area contributed by atoms with Crippen LogP contribution < -0.4 is 5.32 Å². The monoisotopic (exact) mass is 321 g/mol. The fraction of sp³-hybridized carbons (Fsp3) is 0.611. The van der Waals surface area contributed by atoms with Crippen LogP contribution in [0.15, 0.2) is 24.3 Å². The van der Waals surface area contributed by atoms with Crippen LogP contribution in [0.25, 0.3) is 0 Å². The van der Waals surface area contributed by atoms with Gasteiger partial charge in [0.05, 0.1) is 12.2 Å². The number of nitrogens with one attached hydrogen (secondary N) is 1. The van der Waals surface area contributed by atoms with Crippen molar-refractivity contribution < 1.29 is 19.7 Å². The second-order valence-corrected chi connectivity index (χ2v) is 6.42. The van der Waals surface area contributed by atoms with E-state index in [1.54, 1.807) is 0 Å². The Morgan fingerprint density at radius 3 is 2.65 bits per heavy atom. The lowest BCUT2D eigenvalue weighted by atomic mass is 9.96. The summed E-state index contributed by atoms with van der Waals surface area (Å²) in [6.07, 6.45) is 3.06. The van der Waals surface area contributed by atoms with Crippen LogP contribution in [0.3, 0.4) is 0 Å². The standard InChI is InChI=1S/C18H27NO4/c1-12-11-16(9-10-20)23-17(12)8-5-14-3-6-15(7-4-14)19-18(22)13(2)21/h3-4,6-7,12-13,16-17,20-21H,5,8-11H2,1-2H3,(H,19,22)/t12-,13+,16+,17-/m1/s1. The van der Waals surface area contributed by atoms with Crippen LogP contribution in [0, 0.1) is 5.92 Å². The Kier molecular flexibility index (Phi) is 6.57. The average molecular weight is 321 g/mol. The molecule has 1 heterocycles. The quantitative estimate of drug-likeness (QED) is 0.719. The van der Waals surface area contributed by atoms with Crippen molar-refractivity contribution in [3.63, 3.8) is 0 Å². The number of carbonyl (C=O) groups is 1. The van der Waals surface area contributed by atoms with Gasteiger partial charge < -0.3 is 20.3 Å². The minimum absolute atomic E-state index is 0.184. The molecule has 1 fully saturated rings. The summed E-state index contributed by atoms with van der Waals surface area (Å²) in [5, 5.41) is 20.8. The van der Waals surface area contributed by atoms with Gasteiger partial charge in [0, 0.05) is 12.3 Å². The van der Waals surface area contributed by atoms with Gasteiger partial charge in [-0.05, 0) is 56.2 Å². The normalized spacial score (nSPS) is 25.3. The Balaban J connectivity index is 1.81. The van der Waals surface area contributed by atoms with Crippen molar-refractivity contribution in [3.8, 4) is 0 Å². The third-order valence-electron chi connectivity index (χ3n) is 4.41. The highest BCUT2D eigenvalue weighted by Gasteiger charge is 2.31. The van der Waals surface area contributed by atoms with Gasteiger partial charge in [0.15, 0.2) is 0 Å². The molecule has 5 nitrogen and oxygen atoms in total. The second-order valence-electron chi connectivity index (χ2n) is 6.42.